The van der Waals surface area contributed by atoms with Crippen LogP contribution >= 0.6 is 0 Å². The Hall–Kier alpha value is -2.24. The van der Waals surface area contributed by atoms with E-state index in [1.165, 1.54) is 0 Å². The number of hydrogen-bond acceptors (Lipinski definition) is 4. The molecule has 3 N–H and O–H groups in total. The highest BCUT2D eigenvalue weighted by Gasteiger charge is 2.45. The Bertz CT molecular complexity index is 562. The monoisotopic (exact) mass is 288 g/mol. The summed E-state index contributed by atoms with van der Waals surface area (Å²) >= 11 is 0. The lowest BCUT2D eigenvalue weighted by atomic mass is 9.91. The summed E-state index contributed by atoms with van der Waals surface area (Å²) in [5.41, 5.74) is 7.01. The molecule has 0 bridgehead atoms. The number of amidine groups is 1. The molecule has 2 saturated heterocycles. The Balaban J connectivity index is 1.66. The summed E-state index contributed by atoms with van der Waals surface area (Å²) in [5, 5.41) is 7.41. The first-order valence-corrected chi connectivity index (χ1v) is 7.13. The van der Waals surface area contributed by atoms with Gasteiger partial charge in [-0.05, 0) is 24.3 Å². The van der Waals surface area contributed by atoms with Crippen molar-refractivity contribution < 1.29 is 9.53 Å². The Morgan fingerprint density at radius 2 is 1.90 bits per heavy atom. The van der Waals surface area contributed by atoms with Crippen molar-refractivity contribution in [2.45, 2.75) is 18.4 Å². The zero-order valence-electron chi connectivity index (χ0n) is 12.1. The van der Waals surface area contributed by atoms with Crippen molar-refractivity contribution in [3.05, 3.63) is 29.8 Å². The highest BCUT2D eigenvalue weighted by molar-refractivity contribution is 5.95. The maximum Gasteiger partial charge on any atom is 0.410 e. The number of hydrogen-bond donors (Lipinski definition) is 2. The summed E-state index contributed by atoms with van der Waals surface area (Å²) in [5.74, 6) is 0.0834. The van der Waals surface area contributed by atoms with Crippen molar-refractivity contribution in [2.24, 2.45) is 5.73 Å². The number of carbonyl (C=O) groups excluding carboxylic acids is 1. The molecular formula is C15H20N4O2. The molecule has 2 aliphatic rings. The molecule has 6 nitrogen and oxygen atoms in total. The molecule has 6 heteroatoms. The first-order chi connectivity index (χ1) is 9.99. The van der Waals surface area contributed by atoms with Gasteiger partial charge in [-0.2, -0.15) is 0 Å². The van der Waals surface area contributed by atoms with Crippen molar-refractivity contribution >= 4 is 17.6 Å². The van der Waals surface area contributed by atoms with Gasteiger partial charge >= 0.3 is 6.09 Å². The Kier molecular flexibility index (Phi) is 3.23. The molecule has 0 aromatic heterocycles. The van der Waals surface area contributed by atoms with Gasteiger partial charge in [0.1, 0.15) is 11.4 Å². The number of nitrogens with two attached hydrogens (primary N) is 1. The molecule has 0 unspecified atom stereocenters. The van der Waals surface area contributed by atoms with E-state index in [-0.39, 0.29) is 17.5 Å². The number of benzene rings is 1. The van der Waals surface area contributed by atoms with Crippen molar-refractivity contribution in [1.82, 2.24) is 4.90 Å². The van der Waals surface area contributed by atoms with E-state index < -0.39 is 0 Å². The number of carbonyl (C=O) groups is 1. The van der Waals surface area contributed by atoms with E-state index in [1.54, 1.807) is 11.9 Å². The van der Waals surface area contributed by atoms with Gasteiger partial charge in [-0.3, -0.25) is 5.41 Å². The number of nitrogen functional groups attached to an aromatic ring is 1. The maximum atomic E-state index is 11.6. The fraction of sp³-hybridized carbons (Fsp3) is 0.467. The smallest absolute Gasteiger partial charge is 0.410 e. The highest BCUT2D eigenvalue weighted by Crippen LogP contribution is 2.34. The number of piperidine rings is 1. The molecule has 1 aromatic rings. The maximum absolute atomic E-state index is 11.6. The van der Waals surface area contributed by atoms with Crippen molar-refractivity contribution in [3.63, 3.8) is 0 Å². The topological polar surface area (TPSA) is 82.7 Å². The number of nitrogens with one attached hydrogen (secondary N) is 1. The molecule has 0 atom stereocenters. The van der Waals surface area contributed by atoms with Crippen LogP contribution in [0.1, 0.15) is 18.4 Å². The van der Waals surface area contributed by atoms with Gasteiger partial charge in [0.2, 0.25) is 0 Å². The van der Waals surface area contributed by atoms with Gasteiger partial charge < -0.3 is 20.3 Å². The zero-order chi connectivity index (χ0) is 15.0. The second-order valence-corrected chi connectivity index (χ2v) is 5.85. The molecule has 3 rings (SSSR count). The van der Waals surface area contributed by atoms with E-state index in [2.05, 4.69) is 4.90 Å². The summed E-state index contributed by atoms with van der Waals surface area (Å²) in [4.78, 5) is 15.5. The van der Waals surface area contributed by atoms with Gasteiger partial charge in [-0.25, -0.2) is 4.79 Å². The van der Waals surface area contributed by atoms with Gasteiger partial charge in [0.15, 0.2) is 0 Å². The van der Waals surface area contributed by atoms with Crippen molar-refractivity contribution in [2.75, 3.05) is 31.6 Å². The fourth-order valence-corrected chi connectivity index (χ4v) is 3.08. The lowest BCUT2D eigenvalue weighted by Gasteiger charge is -2.38. The summed E-state index contributed by atoms with van der Waals surface area (Å²) in [6.45, 7) is 2.41. The van der Waals surface area contributed by atoms with Gasteiger partial charge in [-0.1, -0.05) is 0 Å². The first-order valence-electron chi connectivity index (χ1n) is 7.13. The van der Waals surface area contributed by atoms with Crippen LogP contribution in [0.4, 0.5) is 10.5 Å². The van der Waals surface area contributed by atoms with Crippen molar-refractivity contribution in [3.8, 4) is 0 Å². The summed E-state index contributed by atoms with van der Waals surface area (Å²) < 4.78 is 5.55. The van der Waals surface area contributed by atoms with Crippen LogP contribution in [0, 0.1) is 5.41 Å². The van der Waals surface area contributed by atoms with Crippen LogP contribution in [0.25, 0.3) is 0 Å². The number of amides is 1. The Labute approximate surface area is 124 Å². The van der Waals surface area contributed by atoms with Crippen LogP contribution in [0.15, 0.2) is 24.3 Å². The zero-order valence-corrected chi connectivity index (χ0v) is 12.1. The number of anilines is 1. The fourth-order valence-electron chi connectivity index (χ4n) is 3.08. The number of nitrogens with zero attached hydrogens (tertiary/aromatic N) is 2. The van der Waals surface area contributed by atoms with E-state index in [4.69, 9.17) is 15.9 Å². The molecule has 112 valence electrons. The second kappa shape index (κ2) is 4.95. The van der Waals surface area contributed by atoms with Gasteiger partial charge in [0.05, 0.1) is 6.54 Å². The molecule has 1 amide bonds. The lowest BCUT2D eigenvalue weighted by molar-refractivity contribution is 0.0367. The van der Waals surface area contributed by atoms with Crippen LogP contribution in [-0.4, -0.2) is 49.1 Å². The molecule has 0 aliphatic carbocycles. The molecule has 0 radical (unpaired) electrons. The largest absolute Gasteiger partial charge is 0.441 e. The second-order valence-electron chi connectivity index (χ2n) is 5.85. The van der Waals surface area contributed by atoms with E-state index >= 15 is 0 Å². The van der Waals surface area contributed by atoms with E-state index in [1.807, 2.05) is 24.3 Å². The molecule has 2 fully saturated rings. The van der Waals surface area contributed by atoms with Crippen LogP contribution in [0.5, 0.6) is 0 Å². The predicted octanol–water partition coefficient (Wildman–Crippen LogP) is 1.39. The first kappa shape index (κ1) is 13.7. The van der Waals surface area contributed by atoms with Crippen LogP contribution in [0.2, 0.25) is 0 Å². The van der Waals surface area contributed by atoms with Gasteiger partial charge in [0.25, 0.3) is 0 Å². The lowest BCUT2D eigenvalue weighted by Crippen LogP contribution is -2.46. The van der Waals surface area contributed by atoms with Crippen LogP contribution in [-0.2, 0) is 4.74 Å². The molecule has 1 aromatic carbocycles. The molecule has 2 heterocycles. The SMILES string of the molecule is CN1CC2(CCN(c3ccc(C(=N)N)cc3)CC2)OC1=O. The van der Waals surface area contributed by atoms with Crippen molar-refractivity contribution in [1.29, 1.82) is 5.41 Å². The standard InChI is InChI=1S/C15H20N4O2/c1-18-10-15(21-14(18)20)6-8-19(9-7-15)12-4-2-11(3-5-12)13(16)17/h2-5H,6-10H2,1H3,(H3,16,17). The van der Waals surface area contributed by atoms with E-state index in [0.717, 1.165) is 37.2 Å². The van der Waals surface area contributed by atoms with Gasteiger partial charge in [0, 0.05) is 44.2 Å². The number of rotatable bonds is 2. The summed E-state index contributed by atoms with van der Waals surface area (Å²) in [7, 11) is 1.78. The average molecular weight is 288 g/mol. The van der Waals surface area contributed by atoms with Gasteiger partial charge in [-0.15, -0.1) is 0 Å². The van der Waals surface area contributed by atoms with E-state index in [9.17, 15) is 4.79 Å². The molecule has 2 aliphatic heterocycles. The summed E-state index contributed by atoms with van der Waals surface area (Å²) in [6, 6.07) is 7.71. The number of ether oxygens (including phenoxy) is 1. The average Bonchev–Trinajstić information content (AvgIpc) is 2.74. The molecular weight excluding hydrogens is 268 g/mol. The minimum Gasteiger partial charge on any atom is -0.441 e. The third-order valence-electron chi connectivity index (χ3n) is 4.36. The third-order valence-corrected chi connectivity index (χ3v) is 4.36. The molecule has 0 saturated carbocycles. The minimum atomic E-state index is -0.304. The minimum absolute atomic E-state index is 0.0834. The van der Waals surface area contributed by atoms with Crippen LogP contribution < -0.4 is 10.6 Å². The molecule has 1 spiro atoms. The highest BCUT2D eigenvalue weighted by atomic mass is 16.6. The predicted molar refractivity (Wildman–Crippen MR) is 80.7 cm³/mol. The normalized spacial score (nSPS) is 20.7. The Morgan fingerprint density at radius 3 is 2.38 bits per heavy atom. The summed E-state index contributed by atoms with van der Waals surface area (Å²) in [6.07, 6.45) is 1.48. The third kappa shape index (κ3) is 2.53. The quantitative estimate of drug-likeness (QED) is 0.636. The molecule has 21 heavy (non-hydrogen) atoms. The Morgan fingerprint density at radius 1 is 1.29 bits per heavy atom. The number of likely N-dealkylation sites (N-methyl/N-ethyl adjacent to an activating group) is 1. The van der Waals surface area contributed by atoms with E-state index in [0.29, 0.717) is 6.54 Å². The van der Waals surface area contributed by atoms with Crippen LogP contribution in [0.3, 0.4) is 0 Å².